The van der Waals surface area contributed by atoms with E-state index in [0.29, 0.717) is 6.04 Å². The van der Waals surface area contributed by atoms with Gasteiger partial charge in [-0.25, -0.2) is 0 Å². The van der Waals surface area contributed by atoms with Gasteiger partial charge in [-0.15, -0.1) is 0 Å². The molecule has 0 radical (unpaired) electrons. The normalized spacial score (nSPS) is 16.6. The number of aromatic nitrogens is 2. The second-order valence-corrected chi connectivity index (χ2v) is 5.52. The molecular weight excluding hydrogens is 248 g/mol. The largest absolute Gasteiger partial charge is 0.363 e. The second kappa shape index (κ2) is 5.29. The van der Waals surface area contributed by atoms with E-state index in [4.69, 9.17) is 0 Å². The summed E-state index contributed by atoms with van der Waals surface area (Å²) in [5.41, 5.74) is 5.14. The zero-order valence-electron chi connectivity index (χ0n) is 12.4. The van der Waals surface area contributed by atoms with Crippen LogP contribution in [0.25, 0.3) is 0 Å². The molecule has 0 bridgehead atoms. The number of nitrogens with zero attached hydrogens (tertiary/aromatic N) is 3. The van der Waals surface area contributed by atoms with Crippen LogP contribution in [-0.2, 0) is 13.6 Å². The first kappa shape index (κ1) is 13.2. The molecule has 2 aromatic rings. The zero-order chi connectivity index (χ0) is 14.1. The van der Waals surface area contributed by atoms with Gasteiger partial charge in [-0.1, -0.05) is 18.2 Å². The maximum Gasteiger partial charge on any atom is 0.0646 e. The van der Waals surface area contributed by atoms with E-state index in [0.717, 1.165) is 25.3 Å². The van der Waals surface area contributed by atoms with Gasteiger partial charge in [0.25, 0.3) is 0 Å². The maximum absolute atomic E-state index is 4.48. The fourth-order valence-electron chi connectivity index (χ4n) is 3.08. The van der Waals surface area contributed by atoms with Gasteiger partial charge in [-0.05, 0) is 25.5 Å². The Balaban J connectivity index is 1.99. The standard InChI is InChI=1S/C16H22N4/c1-12-15(11-19(3)18-12)13(2)20-9-8-17-10-14-6-4-5-7-16(14)20/h4-7,11,13,17H,8-10H2,1-3H3. The molecule has 4 heteroatoms. The quantitative estimate of drug-likeness (QED) is 0.909. The molecular formula is C16H22N4. The minimum absolute atomic E-state index is 0.338. The third kappa shape index (κ3) is 2.31. The fourth-order valence-corrected chi connectivity index (χ4v) is 3.08. The van der Waals surface area contributed by atoms with Gasteiger partial charge in [0.15, 0.2) is 0 Å². The number of benzene rings is 1. The highest BCUT2D eigenvalue weighted by atomic mass is 15.3. The van der Waals surface area contributed by atoms with Gasteiger partial charge in [0, 0.05) is 44.1 Å². The van der Waals surface area contributed by atoms with Crippen molar-refractivity contribution >= 4 is 5.69 Å². The van der Waals surface area contributed by atoms with E-state index in [1.165, 1.54) is 16.8 Å². The summed E-state index contributed by atoms with van der Waals surface area (Å²) in [5, 5.41) is 7.98. The van der Waals surface area contributed by atoms with E-state index < -0.39 is 0 Å². The summed E-state index contributed by atoms with van der Waals surface area (Å²) in [7, 11) is 1.99. The van der Waals surface area contributed by atoms with Crippen molar-refractivity contribution in [3.63, 3.8) is 0 Å². The van der Waals surface area contributed by atoms with Crippen LogP contribution in [-0.4, -0.2) is 22.9 Å². The van der Waals surface area contributed by atoms with E-state index in [-0.39, 0.29) is 0 Å². The van der Waals surface area contributed by atoms with E-state index in [1.54, 1.807) is 0 Å². The first-order valence-electron chi connectivity index (χ1n) is 7.22. The first-order chi connectivity index (χ1) is 9.66. The number of rotatable bonds is 2. The lowest BCUT2D eigenvalue weighted by Crippen LogP contribution is -2.31. The molecule has 2 heterocycles. The lowest BCUT2D eigenvalue weighted by molar-refractivity contribution is 0.636. The van der Waals surface area contributed by atoms with Gasteiger partial charge < -0.3 is 10.2 Å². The van der Waals surface area contributed by atoms with E-state index >= 15 is 0 Å². The number of hydrogen-bond donors (Lipinski definition) is 1. The predicted molar refractivity (Wildman–Crippen MR) is 81.9 cm³/mol. The van der Waals surface area contributed by atoms with Crippen molar-refractivity contribution in [1.82, 2.24) is 15.1 Å². The second-order valence-electron chi connectivity index (χ2n) is 5.52. The van der Waals surface area contributed by atoms with Crippen LogP contribution in [0.1, 0.15) is 29.8 Å². The monoisotopic (exact) mass is 270 g/mol. The summed E-state index contributed by atoms with van der Waals surface area (Å²) in [6, 6.07) is 9.02. The van der Waals surface area contributed by atoms with Crippen LogP contribution < -0.4 is 10.2 Å². The zero-order valence-corrected chi connectivity index (χ0v) is 12.4. The molecule has 0 saturated carbocycles. The summed E-state index contributed by atoms with van der Waals surface area (Å²) >= 11 is 0. The van der Waals surface area contributed by atoms with E-state index in [1.807, 2.05) is 11.7 Å². The highest BCUT2D eigenvalue weighted by Gasteiger charge is 2.23. The summed E-state index contributed by atoms with van der Waals surface area (Å²) in [5.74, 6) is 0. The Morgan fingerprint density at radius 3 is 2.85 bits per heavy atom. The molecule has 1 aromatic carbocycles. The van der Waals surface area contributed by atoms with Crippen molar-refractivity contribution in [2.24, 2.45) is 7.05 Å². The average molecular weight is 270 g/mol. The van der Waals surface area contributed by atoms with Crippen molar-refractivity contribution in [2.45, 2.75) is 26.4 Å². The Kier molecular flexibility index (Phi) is 3.49. The van der Waals surface area contributed by atoms with Crippen molar-refractivity contribution in [2.75, 3.05) is 18.0 Å². The Bertz CT molecular complexity index is 602. The molecule has 1 atom stereocenters. The third-order valence-electron chi connectivity index (χ3n) is 4.12. The Labute approximate surface area is 120 Å². The number of para-hydroxylation sites is 1. The number of aryl methyl sites for hydroxylation is 2. The number of hydrogen-bond acceptors (Lipinski definition) is 3. The highest BCUT2D eigenvalue weighted by Crippen LogP contribution is 2.31. The molecule has 1 N–H and O–H groups in total. The highest BCUT2D eigenvalue weighted by molar-refractivity contribution is 5.56. The van der Waals surface area contributed by atoms with Gasteiger partial charge in [-0.3, -0.25) is 4.68 Å². The van der Waals surface area contributed by atoms with Gasteiger partial charge in [0.2, 0.25) is 0 Å². The molecule has 1 unspecified atom stereocenters. The van der Waals surface area contributed by atoms with Crippen molar-refractivity contribution < 1.29 is 0 Å². The molecule has 20 heavy (non-hydrogen) atoms. The van der Waals surface area contributed by atoms with Gasteiger partial charge in [-0.2, -0.15) is 5.10 Å². The predicted octanol–water partition coefficient (Wildman–Crippen LogP) is 2.40. The Hall–Kier alpha value is -1.81. The molecule has 1 aliphatic rings. The summed E-state index contributed by atoms with van der Waals surface area (Å²) in [6.07, 6.45) is 2.14. The van der Waals surface area contributed by atoms with Crippen LogP contribution in [0, 0.1) is 6.92 Å². The molecule has 0 saturated heterocycles. The Morgan fingerprint density at radius 2 is 2.10 bits per heavy atom. The molecule has 106 valence electrons. The molecule has 1 aliphatic heterocycles. The number of fused-ring (bicyclic) bond motifs is 1. The van der Waals surface area contributed by atoms with Gasteiger partial charge >= 0.3 is 0 Å². The van der Waals surface area contributed by atoms with Crippen LogP contribution in [0.5, 0.6) is 0 Å². The lowest BCUT2D eigenvalue weighted by atomic mass is 10.1. The molecule has 0 amide bonds. The van der Waals surface area contributed by atoms with Crippen LogP contribution >= 0.6 is 0 Å². The van der Waals surface area contributed by atoms with Crippen LogP contribution in [0.15, 0.2) is 30.5 Å². The van der Waals surface area contributed by atoms with Gasteiger partial charge in [0.05, 0.1) is 11.7 Å². The maximum atomic E-state index is 4.48. The van der Waals surface area contributed by atoms with Crippen LogP contribution in [0.2, 0.25) is 0 Å². The third-order valence-corrected chi connectivity index (χ3v) is 4.12. The van der Waals surface area contributed by atoms with E-state index in [9.17, 15) is 0 Å². The summed E-state index contributed by atoms with van der Waals surface area (Å²) in [6.45, 7) is 7.34. The van der Waals surface area contributed by atoms with E-state index in [2.05, 4.69) is 59.6 Å². The molecule has 0 aliphatic carbocycles. The SMILES string of the molecule is Cc1nn(C)cc1C(C)N1CCNCc2ccccc21. The molecule has 4 nitrogen and oxygen atoms in total. The summed E-state index contributed by atoms with van der Waals surface area (Å²) < 4.78 is 1.91. The minimum Gasteiger partial charge on any atom is -0.363 e. The molecule has 1 aromatic heterocycles. The van der Waals surface area contributed by atoms with Crippen molar-refractivity contribution in [1.29, 1.82) is 0 Å². The fraction of sp³-hybridized carbons (Fsp3) is 0.438. The molecule has 0 fully saturated rings. The smallest absolute Gasteiger partial charge is 0.0646 e. The topological polar surface area (TPSA) is 33.1 Å². The summed E-state index contributed by atoms with van der Waals surface area (Å²) in [4.78, 5) is 2.49. The average Bonchev–Trinajstić information content (AvgIpc) is 2.66. The number of nitrogens with one attached hydrogen (secondary N) is 1. The van der Waals surface area contributed by atoms with Gasteiger partial charge in [0.1, 0.15) is 0 Å². The first-order valence-corrected chi connectivity index (χ1v) is 7.22. The lowest BCUT2D eigenvalue weighted by Gasteiger charge is -2.31. The van der Waals surface area contributed by atoms with Crippen LogP contribution in [0.3, 0.4) is 0 Å². The Morgan fingerprint density at radius 1 is 1.30 bits per heavy atom. The minimum atomic E-state index is 0.338. The van der Waals surface area contributed by atoms with Crippen molar-refractivity contribution in [3.05, 3.63) is 47.3 Å². The number of anilines is 1. The van der Waals surface area contributed by atoms with Crippen LogP contribution in [0.4, 0.5) is 5.69 Å². The molecule has 3 rings (SSSR count). The molecule has 0 spiro atoms. The van der Waals surface area contributed by atoms with Crippen molar-refractivity contribution in [3.8, 4) is 0 Å².